The van der Waals surface area contributed by atoms with Crippen molar-refractivity contribution < 1.29 is 39.6 Å². The third kappa shape index (κ3) is 1.67. The minimum absolute atomic E-state index is 0.304. The van der Waals surface area contributed by atoms with E-state index >= 15 is 0 Å². The van der Waals surface area contributed by atoms with Crippen molar-refractivity contribution in [1.29, 1.82) is 0 Å². The van der Waals surface area contributed by atoms with Crippen molar-refractivity contribution in [3.8, 4) is 0 Å². The lowest BCUT2D eigenvalue weighted by Crippen LogP contribution is -2.49. The second-order valence-corrected chi connectivity index (χ2v) is 2.60. The van der Waals surface area contributed by atoms with Crippen LogP contribution in [0.4, 0.5) is 30.7 Å². The molecular weight excluding hydrogens is 253 g/mol. The number of hydrogen-bond donors (Lipinski definition) is 0. The molecule has 0 aliphatic carbocycles. The summed E-state index contributed by atoms with van der Waals surface area (Å²) in [6.45, 7) is 0. The van der Waals surface area contributed by atoms with Gasteiger partial charge in [-0.25, -0.2) is 4.79 Å². The van der Waals surface area contributed by atoms with E-state index in [4.69, 9.17) is 0 Å². The molecule has 10 heteroatoms. The lowest BCUT2D eigenvalue weighted by Gasteiger charge is -2.25. The molecule has 1 rings (SSSR count). The minimum atomic E-state index is -6.49. The summed E-state index contributed by atoms with van der Waals surface area (Å²) in [5, 5.41) is 0. The zero-order valence-electron chi connectivity index (χ0n) is 6.95. The van der Waals surface area contributed by atoms with Gasteiger partial charge in [0.1, 0.15) is 6.26 Å². The van der Waals surface area contributed by atoms with Crippen molar-refractivity contribution in [3.63, 3.8) is 0 Å². The summed E-state index contributed by atoms with van der Waals surface area (Å²) < 4.78 is 91.9. The molecule has 0 atom stereocenters. The van der Waals surface area contributed by atoms with Crippen LogP contribution in [0.5, 0.6) is 0 Å². The van der Waals surface area contributed by atoms with Crippen LogP contribution < -0.4 is 5.82 Å². The molecule has 0 unspecified atom stereocenters. The Morgan fingerprint density at radius 3 is 1.81 bits per heavy atom. The first-order valence-electron chi connectivity index (χ1n) is 3.41. The lowest BCUT2D eigenvalue weighted by molar-refractivity contribution is -0.363. The molecule has 1 aromatic rings. The third-order valence-electron chi connectivity index (χ3n) is 1.52. The van der Waals surface area contributed by atoms with Gasteiger partial charge in [0.05, 0.1) is 0 Å². The molecule has 0 amide bonds. The molecule has 3 nitrogen and oxygen atoms in total. The zero-order chi connectivity index (χ0) is 12.8. The first-order valence-corrected chi connectivity index (χ1v) is 3.41. The van der Waals surface area contributed by atoms with Crippen molar-refractivity contribution >= 4 is 0 Å². The Kier molecular flexibility index (Phi) is 2.56. The largest absolute Gasteiger partial charge is 0.518 e. The van der Waals surface area contributed by atoms with E-state index < -0.39 is 29.6 Å². The maximum absolute atomic E-state index is 12.7. The van der Waals surface area contributed by atoms with Gasteiger partial charge in [-0.05, 0) is 0 Å². The number of rotatable bonds is 2. The average Bonchev–Trinajstić information content (AvgIpc) is 2.49. The average molecular weight is 254 g/mol. The van der Waals surface area contributed by atoms with Crippen molar-refractivity contribution in [2.24, 2.45) is 0 Å². The predicted octanol–water partition coefficient (Wildman–Crippen LogP) is 2.52. The van der Waals surface area contributed by atoms with Crippen LogP contribution in [0, 0.1) is 0 Å². The summed E-state index contributed by atoms with van der Waals surface area (Å²) in [6, 6.07) is 0. The monoisotopic (exact) mass is 254 g/mol. The molecule has 0 fully saturated rings. The lowest BCUT2D eigenvalue weighted by atomic mass is 10.1. The standard InChI is InChI=1S/C6HF7O3/c7-4(8,2-1-15-3(14)16-2)5(9,10)6(11,12)13/h1H. The fourth-order valence-electron chi connectivity index (χ4n) is 0.710. The van der Waals surface area contributed by atoms with E-state index in [1.165, 1.54) is 0 Å². The van der Waals surface area contributed by atoms with Gasteiger partial charge in [-0.3, -0.25) is 0 Å². The van der Waals surface area contributed by atoms with Crippen LogP contribution in [0.2, 0.25) is 0 Å². The maximum Gasteiger partial charge on any atom is 0.518 e. The molecule has 0 aliphatic rings. The van der Waals surface area contributed by atoms with Gasteiger partial charge in [-0.15, -0.1) is 0 Å². The van der Waals surface area contributed by atoms with Crippen LogP contribution >= 0.6 is 0 Å². The Balaban J connectivity index is 3.26. The number of alkyl halides is 7. The van der Waals surface area contributed by atoms with Crippen LogP contribution in [0.15, 0.2) is 19.9 Å². The second kappa shape index (κ2) is 3.25. The first-order chi connectivity index (χ1) is 7.00. The summed E-state index contributed by atoms with van der Waals surface area (Å²) >= 11 is 0. The fraction of sp³-hybridized carbons (Fsp3) is 0.500. The van der Waals surface area contributed by atoms with Crippen molar-refractivity contribution in [1.82, 2.24) is 0 Å². The quantitative estimate of drug-likeness (QED) is 0.761. The molecule has 16 heavy (non-hydrogen) atoms. The molecule has 0 aromatic carbocycles. The number of halogens is 7. The van der Waals surface area contributed by atoms with Crippen LogP contribution in [0.1, 0.15) is 5.76 Å². The van der Waals surface area contributed by atoms with E-state index in [-0.39, 0.29) is 6.26 Å². The van der Waals surface area contributed by atoms with Crippen molar-refractivity contribution in [3.05, 3.63) is 22.6 Å². The Morgan fingerprint density at radius 2 is 1.50 bits per heavy atom. The summed E-state index contributed by atoms with van der Waals surface area (Å²) in [5.74, 6) is -16.1. The molecule has 1 heterocycles. The van der Waals surface area contributed by atoms with E-state index in [0.29, 0.717) is 0 Å². The SMILES string of the molecule is O=c1occ(C(F)(F)C(F)(F)C(F)(F)F)o1. The molecule has 0 radical (unpaired) electrons. The molecule has 0 aliphatic heterocycles. The van der Waals surface area contributed by atoms with E-state index in [0.717, 1.165) is 0 Å². The Bertz CT molecular complexity index is 426. The van der Waals surface area contributed by atoms with Gasteiger partial charge >= 0.3 is 23.8 Å². The van der Waals surface area contributed by atoms with Crippen LogP contribution in [0.3, 0.4) is 0 Å². The van der Waals surface area contributed by atoms with Gasteiger partial charge < -0.3 is 8.83 Å². The highest BCUT2D eigenvalue weighted by Gasteiger charge is 2.75. The van der Waals surface area contributed by atoms with Crippen LogP contribution in [-0.4, -0.2) is 12.1 Å². The Morgan fingerprint density at radius 1 is 1.00 bits per heavy atom. The molecule has 0 spiro atoms. The van der Waals surface area contributed by atoms with E-state index in [1.54, 1.807) is 0 Å². The van der Waals surface area contributed by atoms with E-state index in [2.05, 4.69) is 8.83 Å². The van der Waals surface area contributed by atoms with Crippen molar-refractivity contribution in [2.45, 2.75) is 18.0 Å². The van der Waals surface area contributed by atoms with Gasteiger partial charge in [0.15, 0.2) is 0 Å². The van der Waals surface area contributed by atoms with Crippen LogP contribution in [0.25, 0.3) is 0 Å². The topological polar surface area (TPSA) is 43.4 Å². The van der Waals surface area contributed by atoms with Gasteiger partial charge in [0, 0.05) is 0 Å². The molecule has 0 N–H and O–H groups in total. The first kappa shape index (κ1) is 12.6. The normalized spacial score (nSPS) is 14.2. The highest BCUT2D eigenvalue weighted by atomic mass is 19.4. The van der Waals surface area contributed by atoms with E-state index in [1.807, 2.05) is 0 Å². The smallest absolute Gasteiger partial charge is 0.399 e. The molecule has 0 bridgehead atoms. The predicted molar refractivity (Wildman–Crippen MR) is 32.1 cm³/mol. The molecule has 0 saturated heterocycles. The van der Waals surface area contributed by atoms with Gasteiger partial charge in [0.2, 0.25) is 5.76 Å². The summed E-state index contributed by atoms with van der Waals surface area (Å²) in [4.78, 5) is 10.1. The molecule has 1 aromatic heterocycles. The number of hydrogen-bond acceptors (Lipinski definition) is 3. The highest BCUT2D eigenvalue weighted by molar-refractivity contribution is 5.06. The van der Waals surface area contributed by atoms with Gasteiger partial charge in [0.25, 0.3) is 0 Å². The van der Waals surface area contributed by atoms with Crippen molar-refractivity contribution in [2.75, 3.05) is 0 Å². The molecular formula is C6HF7O3. The summed E-state index contributed by atoms with van der Waals surface area (Å²) in [7, 11) is 0. The van der Waals surface area contributed by atoms with Gasteiger partial charge in [-0.2, -0.15) is 30.7 Å². The zero-order valence-corrected chi connectivity index (χ0v) is 6.95. The Labute approximate surface area is 81.4 Å². The molecule has 92 valence electrons. The highest BCUT2D eigenvalue weighted by Crippen LogP contribution is 2.51. The van der Waals surface area contributed by atoms with E-state index in [9.17, 15) is 35.5 Å². The minimum Gasteiger partial charge on any atom is -0.399 e. The third-order valence-corrected chi connectivity index (χ3v) is 1.52. The van der Waals surface area contributed by atoms with Crippen LogP contribution in [-0.2, 0) is 5.92 Å². The van der Waals surface area contributed by atoms with Gasteiger partial charge in [-0.1, -0.05) is 0 Å². The second-order valence-electron chi connectivity index (χ2n) is 2.60. The fourth-order valence-corrected chi connectivity index (χ4v) is 0.710. The molecule has 0 saturated carbocycles. The summed E-state index contributed by atoms with van der Waals surface area (Å²) in [6.07, 6.45) is -6.80. The summed E-state index contributed by atoms with van der Waals surface area (Å²) in [5.41, 5.74) is 0. The maximum atomic E-state index is 12.7. The Hall–Kier alpha value is -1.48.